The van der Waals surface area contributed by atoms with Gasteiger partial charge >= 0.3 is 5.97 Å². The molecule has 7 heteroatoms. The molecule has 0 saturated carbocycles. The Morgan fingerprint density at radius 1 is 0.676 bits per heavy atom. The SMILES string of the molecule is O=C1NC(=O)C(c2c[nH]c3ccc(OC(=O)c4ccccc4)cc23)=C1c1c[nH]c2ccccc12. The highest BCUT2D eigenvalue weighted by atomic mass is 16.5. The van der Waals surface area contributed by atoms with Crippen LogP contribution in [0.2, 0.25) is 0 Å². The van der Waals surface area contributed by atoms with Gasteiger partial charge in [0.1, 0.15) is 5.75 Å². The molecule has 1 aliphatic rings. The fourth-order valence-corrected chi connectivity index (χ4v) is 4.36. The van der Waals surface area contributed by atoms with Gasteiger partial charge in [-0.05, 0) is 36.4 Å². The number of esters is 1. The number of ether oxygens (including phenoxy) is 1. The molecule has 3 aromatic carbocycles. The van der Waals surface area contributed by atoms with Crippen molar-refractivity contribution in [1.82, 2.24) is 15.3 Å². The Bertz CT molecular complexity index is 1660. The second-order valence-corrected chi connectivity index (χ2v) is 7.95. The second-order valence-electron chi connectivity index (χ2n) is 7.95. The van der Waals surface area contributed by atoms with Crippen molar-refractivity contribution >= 4 is 50.7 Å². The van der Waals surface area contributed by atoms with E-state index >= 15 is 0 Å². The molecule has 0 fully saturated rings. The maximum atomic E-state index is 12.9. The van der Waals surface area contributed by atoms with Crippen molar-refractivity contribution in [2.24, 2.45) is 0 Å². The summed E-state index contributed by atoms with van der Waals surface area (Å²) in [6, 6.07) is 21.4. The van der Waals surface area contributed by atoms with Gasteiger partial charge in [-0.2, -0.15) is 0 Å². The van der Waals surface area contributed by atoms with E-state index < -0.39 is 17.8 Å². The van der Waals surface area contributed by atoms with E-state index in [1.165, 1.54) is 0 Å². The number of aromatic nitrogens is 2. The van der Waals surface area contributed by atoms with Crippen molar-refractivity contribution in [2.75, 3.05) is 0 Å². The van der Waals surface area contributed by atoms with Gasteiger partial charge in [-0.25, -0.2) is 4.79 Å². The molecule has 3 heterocycles. The molecule has 1 aliphatic heterocycles. The molecular formula is C27H17N3O4. The third-order valence-corrected chi connectivity index (χ3v) is 5.93. The van der Waals surface area contributed by atoms with Gasteiger partial charge in [-0.3, -0.25) is 14.9 Å². The van der Waals surface area contributed by atoms with Gasteiger partial charge in [0.05, 0.1) is 16.7 Å². The van der Waals surface area contributed by atoms with Crippen LogP contribution in [0.5, 0.6) is 5.75 Å². The lowest BCUT2D eigenvalue weighted by atomic mass is 9.95. The maximum absolute atomic E-state index is 12.9. The molecule has 5 aromatic rings. The zero-order chi connectivity index (χ0) is 23.2. The number of fused-ring (bicyclic) bond motifs is 2. The normalized spacial score (nSPS) is 13.6. The van der Waals surface area contributed by atoms with E-state index in [9.17, 15) is 14.4 Å². The Morgan fingerprint density at radius 3 is 2.03 bits per heavy atom. The Kier molecular flexibility index (Phi) is 4.41. The number of hydrogen-bond donors (Lipinski definition) is 3. The number of rotatable bonds is 4. The lowest BCUT2D eigenvalue weighted by Gasteiger charge is -2.06. The van der Waals surface area contributed by atoms with E-state index in [1.54, 1.807) is 54.9 Å². The van der Waals surface area contributed by atoms with E-state index in [-0.39, 0.29) is 5.57 Å². The molecule has 34 heavy (non-hydrogen) atoms. The van der Waals surface area contributed by atoms with E-state index in [0.717, 1.165) is 16.4 Å². The van der Waals surface area contributed by atoms with Crippen LogP contribution < -0.4 is 10.1 Å². The van der Waals surface area contributed by atoms with Crippen molar-refractivity contribution in [2.45, 2.75) is 0 Å². The minimum absolute atomic E-state index is 0.271. The average Bonchev–Trinajstić information content (AvgIpc) is 3.54. The van der Waals surface area contributed by atoms with E-state index in [2.05, 4.69) is 15.3 Å². The summed E-state index contributed by atoms with van der Waals surface area (Å²) in [4.78, 5) is 44.6. The zero-order valence-corrected chi connectivity index (χ0v) is 17.7. The lowest BCUT2D eigenvalue weighted by molar-refractivity contribution is -0.122. The molecule has 3 N–H and O–H groups in total. The van der Waals surface area contributed by atoms with Crippen molar-refractivity contribution in [3.05, 3.63) is 102 Å². The van der Waals surface area contributed by atoms with E-state index in [4.69, 9.17) is 4.74 Å². The molecule has 0 radical (unpaired) electrons. The van der Waals surface area contributed by atoms with Crippen molar-refractivity contribution in [1.29, 1.82) is 0 Å². The number of H-pyrrole nitrogens is 2. The molecule has 0 spiro atoms. The second kappa shape index (κ2) is 7.60. The number of aromatic amines is 2. The van der Waals surface area contributed by atoms with Crippen LogP contribution in [0.1, 0.15) is 21.5 Å². The average molecular weight is 447 g/mol. The highest BCUT2D eigenvalue weighted by molar-refractivity contribution is 6.50. The van der Waals surface area contributed by atoms with Crippen LogP contribution in [0.3, 0.4) is 0 Å². The Hall–Kier alpha value is -4.91. The van der Waals surface area contributed by atoms with E-state index in [0.29, 0.717) is 33.4 Å². The quantitative estimate of drug-likeness (QED) is 0.215. The summed E-state index contributed by atoms with van der Waals surface area (Å²) < 4.78 is 5.56. The van der Waals surface area contributed by atoms with Crippen LogP contribution in [0.4, 0.5) is 0 Å². The number of nitrogens with one attached hydrogen (secondary N) is 3. The summed E-state index contributed by atoms with van der Waals surface area (Å²) in [5.74, 6) is -1.07. The first-order valence-corrected chi connectivity index (χ1v) is 10.7. The molecule has 6 rings (SSSR count). The van der Waals surface area contributed by atoms with Crippen LogP contribution in [0.25, 0.3) is 33.0 Å². The monoisotopic (exact) mass is 447 g/mol. The van der Waals surface area contributed by atoms with Gasteiger partial charge in [0, 0.05) is 45.3 Å². The molecule has 0 aliphatic carbocycles. The lowest BCUT2D eigenvalue weighted by Crippen LogP contribution is -2.22. The Morgan fingerprint density at radius 2 is 1.29 bits per heavy atom. The molecule has 7 nitrogen and oxygen atoms in total. The first-order chi connectivity index (χ1) is 16.6. The minimum Gasteiger partial charge on any atom is -0.423 e. The number of carbonyl (C=O) groups is 3. The molecule has 0 saturated heterocycles. The minimum atomic E-state index is -0.482. The summed E-state index contributed by atoms with van der Waals surface area (Å²) >= 11 is 0. The van der Waals surface area contributed by atoms with E-state index in [1.807, 2.05) is 30.3 Å². The van der Waals surface area contributed by atoms with Gasteiger partial charge in [0.15, 0.2) is 0 Å². The van der Waals surface area contributed by atoms with Crippen LogP contribution in [0.15, 0.2) is 85.2 Å². The third-order valence-electron chi connectivity index (χ3n) is 5.93. The van der Waals surface area contributed by atoms with Crippen molar-refractivity contribution < 1.29 is 19.1 Å². The van der Waals surface area contributed by atoms with Crippen molar-refractivity contribution in [3.63, 3.8) is 0 Å². The number of hydrogen-bond acceptors (Lipinski definition) is 4. The fourth-order valence-electron chi connectivity index (χ4n) is 4.36. The smallest absolute Gasteiger partial charge is 0.343 e. The van der Waals surface area contributed by atoms with Gasteiger partial charge in [0.25, 0.3) is 11.8 Å². The highest BCUT2D eigenvalue weighted by Crippen LogP contribution is 2.38. The summed E-state index contributed by atoms with van der Waals surface area (Å²) in [5, 5.41) is 3.93. The Balaban J connectivity index is 1.48. The predicted molar refractivity (Wildman–Crippen MR) is 128 cm³/mol. The molecular weight excluding hydrogens is 430 g/mol. The van der Waals surface area contributed by atoms with Crippen LogP contribution in [-0.4, -0.2) is 27.8 Å². The first-order valence-electron chi connectivity index (χ1n) is 10.7. The van der Waals surface area contributed by atoms with Gasteiger partial charge in [-0.1, -0.05) is 36.4 Å². The Labute approximate surface area is 193 Å². The molecule has 164 valence electrons. The van der Waals surface area contributed by atoms with Gasteiger partial charge in [0.2, 0.25) is 0 Å². The van der Waals surface area contributed by atoms with Crippen LogP contribution in [0, 0.1) is 0 Å². The molecule has 0 unspecified atom stereocenters. The molecule has 2 amide bonds. The fraction of sp³-hybridized carbons (Fsp3) is 0. The number of para-hydroxylation sites is 1. The van der Waals surface area contributed by atoms with Crippen LogP contribution in [-0.2, 0) is 9.59 Å². The summed E-state index contributed by atoms with van der Waals surface area (Å²) in [7, 11) is 0. The van der Waals surface area contributed by atoms with Gasteiger partial charge in [-0.15, -0.1) is 0 Å². The van der Waals surface area contributed by atoms with Crippen molar-refractivity contribution in [3.8, 4) is 5.75 Å². The third kappa shape index (κ3) is 3.10. The van der Waals surface area contributed by atoms with Crippen LogP contribution >= 0.6 is 0 Å². The number of carbonyl (C=O) groups excluding carboxylic acids is 3. The molecule has 0 atom stereocenters. The number of benzene rings is 3. The molecule has 2 aromatic heterocycles. The van der Waals surface area contributed by atoms with Gasteiger partial charge < -0.3 is 14.7 Å². The summed E-state index contributed by atoms with van der Waals surface area (Å²) in [6.45, 7) is 0. The number of amides is 2. The summed E-state index contributed by atoms with van der Waals surface area (Å²) in [6.07, 6.45) is 3.43. The highest BCUT2D eigenvalue weighted by Gasteiger charge is 2.34. The molecule has 0 bridgehead atoms. The predicted octanol–water partition coefficient (Wildman–Crippen LogP) is 4.44. The number of imide groups is 1. The zero-order valence-electron chi connectivity index (χ0n) is 17.7. The standard InChI is InChI=1S/C27H17N3O4/c31-25-23(19-13-28-21-9-5-4-8-17(19)21)24(26(32)30-25)20-14-29-22-11-10-16(12-18(20)22)34-27(33)15-6-2-1-3-7-15/h1-14,28-29H,(H,30,31,32). The topological polar surface area (TPSA) is 104 Å². The summed E-state index contributed by atoms with van der Waals surface area (Å²) in [5.41, 5.74) is 3.81. The maximum Gasteiger partial charge on any atom is 0.343 e. The first kappa shape index (κ1) is 19.8. The largest absolute Gasteiger partial charge is 0.423 e.